The van der Waals surface area contributed by atoms with Crippen molar-refractivity contribution in [3.05, 3.63) is 28.3 Å². The van der Waals surface area contributed by atoms with E-state index in [0.29, 0.717) is 11.4 Å². The molecule has 0 aliphatic rings. The van der Waals surface area contributed by atoms with Gasteiger partial charge in [0, 0.05) is 12.1 Å². The number of rotatable bonds is 8. The quantitative estimate of drug-likeness (QED) is 0.420. The number of anilines is 1. The van der Waals surface area contributed by atoms with Crippen LogP contribution in [-0.2, 0) is 4.79 Å². The standard InChI is InChI=1S/C13H19N3O4/c1-3-4-7-14-9-13(17)15-11-8-10(16(18)19)5-6-12(11)20-2/h5-6,8,14H,3-4,7,9H2,1-2H3,(H,15,17)/p+1. The zero-order valence-corrected chi connectivity index (χ0v) is 11.7. The SMILES string of the molecule is CCCC[NH2+]CC(=O)Nc1cc([N+](=O)[O-])ccc1OC. The van der Waals surface area contributed by atoms with E-state index in [1.165, 1.54) is 25.3 Å². The minimum absolute atomic E-state index is 0.0870. The van der Waals surface area contributed by atoms with Crippen LogP contribution in [0.4, 0.5) is 11.4 Å². The van der Waals surface area contributed by atoms with Crippen molar-refractivity contribution in [3.8, 4) is 5.75 Å². The first kappa shape index (κ1) is 15.9. The van der Waals surface area contributed by atoms with Crippen LogP contribution in [0.15, 0.2) is 18.2 Å². The summed E-state index contributed by atoms with van der Waals surface area (Å²) in [5.74, 6) is 0.192. The molecule has 0 aliphatic carbocycles. The Morgan fingerprint density at radius 3 is 2.85 bits per heavy atom. The molecule has 0 atom stereocenters. The number of quaternary nitrogens is 1. The zero-order chi connectivity index (χ0) is 15.0. The second-order valence-corrected chi connectivity index (χ2v) is 4.32. The highest BCUT2D eigenvalue weighted by atomic mass is 16.6. The van der Waals surface area contributed by atoms with Gasteiger partial charge >= 0.3 is 0 Å². The largest absolute Gasteiger partial charge is 0.495 e. The molecular weight excluding hydrogens is 262 g/mol. The smallest absolute Gasteiger partial charge is 0.279 e. The Morgan fingerprint density at radius 1 is 1.50 bits per heavy atom. The molecule has 0 unspecified atom stereocenters. The fraction of sp³-hybridized carbons (Fsp3) is 0.462. The lowest BCUT2D eigenvalue weighted by Gasteiger charge is -2.09. The van der Waals surface area contributed by atoms with Gasteiger partial charge in [-0.25, -0.2) is 0 Å². The van der Waals surface area contributed by atoms with Crippen LogP contribution in [0.2, 0.25) is 0 Å². The molecular formula is C13H20N3O4+. The van der Waals surface area contributed by atoms with E-state index in [2.05, 4.69) is 12.2 Å². The highest BCUT2D eigenvalue weighted by Crippen LogP contribution is 2.28. The zero-order valence-electron chi connectivity index (χ0n) is 11.7. The van der Waals surface area contributed by atoms with Crippen molar-refractivity contribution < 1.29 is 19.8 Å². The molecule has 7 heteroatoms. The lowest BCUT2D eigenvalue weighted by Crippen LogP contribution is -2.86. The Bertz CT molecular complexity index is 477. The molecule has 7 nitrogen and oxygen atoms in total. The Morgan fingerprint density at radius 2 is 2.25 bits per heavy atom. The van der Waals surface area contributed by atoms with E-state index in [1.807, 2.05) is 5.32 Å². The summed E-state index contributed by atoms with van der Waals surface area (Å²) in [5.41, 5.74) is 0.228. The number of nitrogens with two attached hydrogens (primary N) is 1. The molecule has 3 N–H and O–H groups in total. The fourth-order valence-electron chi connectivity index (χ4n) is 1.69. The summed E-state index contributed by atoms with van der Waals surface area (Å²) in [6.45, 7) is 3.25. The van der Waals surface area contributed by atoms with Crippen LogP contribution < -0.4 is 15.4 Å². The second kappa shape index (κ2) is 8.11. The number of hydrogen-bond acceptors (Lipinski definition) is 4. The van der Waals surface area contributed by atoms with Gasteiger partial charge in [-0.05, 0) is 12.5 Å². The third kappa shape index (κ3) is 4.85. The molecule has 0 saturated carbocycles. The maximum atomic E-state index is 11.8. The molecule has 1 amide bonds. The van der Waals surface area contributed by atoms with Crippen molar-refractivity contribution in [1.82, 2.24) is 0 Å². The van der Waals surface area contributed by atoms with Crippen LogP contribution in [0, 0.1) is 10.1 Å². The average Bonchev–Trinajstić information content (AvgIpc) is 2.43. The van der Waals surface area contributed by atoms with E-state index in [9.17, 15) is 14.9 Å². The van der Waals surface area contributed by atoms with Gasteiger partial charge in [0.25, 0.3) is 11.6 Å². The molecule has 1 rings (SSSR count). The monoisotopic (exact) mass is 282 g/mol. The fourth-order valence-corrected chi connectivity index (χ4v) is 1.69. The van der Waals surface area contributed by atoms with E-state index < -0.39 is 4.92 Å². The highest BCUT2D eigenvalue weighted by Gasteiger charge is 2.14. The number of nitro groups is 1. The first-order chi connectivity index (χ1) is 9.58. The normalized spacial score (nSPS) is 10.1. The number of non-ortho nitro benzene ring substituents is 1. The van der Waals surface area contributed by atoms with Gasteiger partial charge in [0.2, 0.25) is 0 Å². The topological polar surface area (TPSA) is 98.1 Å². The van der Waals surface area contributed by atoms with Crippen molar-refractivity contribution in [2.45, 2.75) is 19.8 Å². The molecule has 0 aliphatic heterocycles. The van der Waals surface area contributed by atoms with Crippen molar-refractivity contribution in [1.29, 1.82) is 0 Å². The van der Waals surface area contributed by atoms with Gasteiger partial charge in [-0.1, -0.05) is 13.3 Å². The maximum absolute atomic E-state index is 11.8. The number of hydrogen-bond donors (Lipinski definition) is 2. The lowest BCUT2D eigenvalue weighted by molar-refractivity contribution is -0.643. The van der Waals surface area contributed by atoms with Crippen LogP contribution in [0.1, 0.15) is 19.8 Å². The second-order valence-electron chi connectivity index (χ2n) is 4.32. The summed E-state index contributed by atoms with van der Waals surface area (Å²) >= 11 is 0. The van der Waals surface area contributed by atoms with Gasteiger partial charge in [-0.3, -0.25) is 14.9 Å². The predicted octanol–water partition coefficient (Wildman–Crippen LogP) is 0.905. The molecule has 20 heavy (non-hydrogen) atoms. The summed E-state index contributed by atoms with van der Waals surface area (Å²) in [6, 6.07) is 4.10. The molecule has 0 saturated heterocycles. The maximum Gasteiger partial charge on any atom is 0.279 e. The molecule has 0 heterocycles. The molecule has 0 aromatic heterocycles. The van der Waals surface area contributed by atoms with Gasteiger partial charge in [0.15, 0.2) is 6.54 Å². The summed E-state index contributed by atoms with van der Waals surface area (Å²) in [5, 5.41) is 15.3. The van der Waals surface area contributed by atoms with E-state index in [-0.39, 0.29) is 18.1 Å². The molecule has 0 spiro atoms. The Hall–Kier alpha value is -2.15. The van der Waals surface area contributed by atoms with Gasteiger partial charge < -0.3 is 15.4 Å². The first-order valence-corrected chi connectivity index (χ1v) is 6.52. The molecule has 110 valence electrons. The van der Waals surface area contributed by atoms with Crippen LogP contribution in [0.5, 0.6) is 5.75 Å². The van der Waals surface area contributed by atoms with Crippen LogP contribution in [0.25, 0.3) is 0 Å². The number of carbonyl (C=O) groups is 1. The van der Waals surface area contributed by atoms with Gasteiger partial charge in [-0.15, -0.1) is 0 Å². The first-order valence-electron chi connectivity index (χ1n) is 6.52. The van der Waals surface area contributed by atoms with E-state index in [0.717, 1.165) is 19.4 Å². The van der Waals surface area contributed by atoms with Gasteiger partial charge in [0.1, 0.15) is 5.75 Å². The molecule has 1 aromatic carbocycles. The summed E-state index contributed by atoms with van der Waals surface area (Å²) < 4.78 is 5.08. The minimum Gasteiger partial charge on any atom is -0.495 e. The van der Waals surface area contributed by atoms with Crippen LogP contribution in [-0.4, -0.2) is 31.0 Å². The molecule has 0 radical (unpaired) electrons. The number of carbonyl (C=O) groups excluding carboxylic acids is 1. The number of nitro benzene ring substituents is 1. The Labute approximate surface area is 117 Å². The highest BCUT2D eigenvalue weighted by molar-refractivity contribution is 5.93. The summed E-state index contributed by atoms with van der Waals surface area (Å²) in [4.78, 5) is 22.0. The van der Waals surface area contributed by atoms with Crippen molar-refractivity contribution >= 4 is 17.3 Å². The summed E-state index contributed by atoms with van der Waals surface area (Å²) in [7, 11) is 1.45. The number of nitrogens with zero attached hydrogens (tertiary/aromatic N) is 1. The Balaban J connectivity index is 2.67. The van der Waals surface area contributed by atoms with Crippen LogP contribution >= 0.6 is 0 Å². The van der Waals surface area contributed by atoms with Crippen molar-refractivity contribution in [2.75, 3.05) is 25.5 Å². The van der Waals surface area contributed by atoms with E-state index >= 15 is 0 Å². The number of unbranched alkanes of at least 4 members (excludes halogenated alkanes) is 1. The average molecular weight is 282 g/mol. The van der Waals surface area contributed by atoms with Crippen molar-refractivity contribution in [2.24, 2.45) is 0 Å². The third-order valence-electron chi connectivity index (χ3n) is 2.76. The molecule has 0 bridgehead atoms. The Kier molecular flexibility index (Phi) is 6.45. The minimum atomic E-state index is -0.511. The predicted molar refractivity (Wildman–Crippen MR) is 74.8 cm³/mol. The summed E-state index contributed by atoms with van der Waals surface area (Å²) in [6.07, 6.45) is 2.13. The molecule has 0 fully saturated rings. The number of benzene rings is 1. The van der Waals surface area contributed by atoms with Crippen molar-refractivity contribution in [3.63, 3.8) is 0 Å². The third-order valence-corrected chi connectivity index (χ3v) is 2.76. The van der Waals surface area contributed by atoms with E-state index in [4.69, 9.17) is 4.74 Å². The van der Waals surface area contributed by atoms with Gasteiger partial charge in [0.05, 0.1) is 24.3 Å². The van der Waals surface area contributed by atoms with Crippen LogP contribution in [0.3, 0.4) is 0 Å². The number of ether oxygens (including phenoxy) is 1. The number of nitrogens with one attached hydrogen (secondary N) is 1. The number of amides is 1. The number of methoxy groups -OCH3 is 1. The lowest BCUT2D eigenvalue weighted by atomic mass is 10.2. The molecule has 1 aromatic rings. The van der Waals surface area contributed by atoms with Gasteiger partial charge in [-0.2, -0.15) is 0 Å². The van der Waals surface area contributed by atoms with E-state index in [1.54, 1.807) is 0 Å².